The molecule has 3 N–H and O–H groups in total. The molecule has 2 fully saturated rings. The van der Waals surface area contributed by atoms with Crippen LogP contribution in [-0.4, -0.2) is 25.1 Å². The highest BCUT2D eigenvalue weighted by atomic mass is 35.5. The number of nitrogens with two attached hydrogens (primary N) is 1. The van der Waals surface area contributed by atoms with Gasteiger partial charge in [0.05, 0.1) is 5.41 Å². The number of ether oxygens (including phenoxy) is 1. The van der Waals surface area contributed by atoms with E-state index in [9.17, 15) is 4.79 Å². The standard InChI is InChI=1S/C25H30Cl2N2O2/c1-3-25-11-10-20(19-9-8-18(14-21(19)27)31-13-12-28)22(16-4-6-17(26)7-5-16)23(25)15(2)29-24(25)30/h4-9,14-15,20,22-23H,3,10-13,28H2,1-2H3,(H,29,30)/t15-,20+,22+,23+,25-/m1/s1. The average molecular weight is 461 g/mol. The van der Waals surface area contributed by atoms with Gasteiger partial charge in [-0.15, -0.1) is 0 Å². The third-order valence-electron chi connectivity index (χ3n) is 7.35. The molecular formula is C25H30Cl2N2O2. The van der Waals surface area contributed by atoms with E-state index in [0.29, 0.717) is 23.2 Å². The molecule has 1 heterocycles. The van der Waals surface area contributed by atoms with Crippen LogP contribution in [0.5, 0.6) is 5.75 Å². The van der Waals surface area contributed by atoms with Crippen LogP contribution in [-0.2, 0) is 4.79 Å². The van der Waals surface area contributed by atoms with Gasteiger partial charge in [-0.05, 0) is 73.4 Å². The van der Waals surface area contributed by atoms with Crippen LogP contribution < -0.4 is 15.8 Å². The molecule has 4 nitrogen and oxygen atoms in total. The molecule has 1 saturated heterocycles. The van der Waals surface area contributed by atoms with Gasteiger partial charge in [-0.1, -0.05) is 48.3 Å². The number of halogens is 2. The Morgan fingerprint density at radius 1 is 1.19 bits per heavy atom. The van der Waals surface area contributed by atoms with Crippen LogP contribution in [0, 0.1) is 11.3 Å². The smallest absolute Gasteiger partial charge is 0.226 e. The van der Waals surface area contributed by atoms with Gasteiger partial charge in [0.1, 0.15) is 12.4 Å². The summed E-state index contributed by atoms with van der Waals surface area (Å²) in [6.45, 7) is 5.19. The van der Waals surface area contributed by atoms with Gasteiger partial charge in [0.25, 0.3) is 0 Å². The molecule has 0 radical (unpaired) electrons. The largest absolute Gasteiger partial charge is 0.492 e. The number of rotatable bonds is 6. The number of nitrogens with one attached hydrogen (secondary N) is 1. The first-order valence-corrected chi connectivity index (χ1v) is 11.9. The molecule has 2 aromatic rings. The molecule has 0 spiro atoms. The lowest BCUT2D eigenvalue weighted by Crippen LogP contribution is -2.43. The van der Waals surface area contributed by atoms with Crippen LogP contribution >= 0.6 is 23.2 Å². The summed E-state index contributed by atoms with van der Waals surface area (Å²) >= 11 is 13.0. The van der Waals surface area contributed by atoms with Gasteiger partial charge >= 0.3 is 0 Å². The summed E-state index contributed by atoms with van der Waals surface area (Å²) in [6.07, 6.45) is 2.60. The molecule has 0 aromatic heterocycles. The van der Waals surface area contributed by atoms with Crippen LogP contribution in [0.25, 0.3) is 0 Å². The van der Waals surface area contributed by atoms with Gasteiger partial charge in [0.15, 0.2) is 0 Å². The number of hydrogen-bond donors (Lipinski definition) is 2. The van der Waals surface area contributed by atoms with Crippen molar-refractivity contribution in [3.05, 3.63) is 63.6 Å². The molecular weight excluding hydrogens is 431 g/mol. The maximum Gasteiger partial charge on any atom is 0.226 e. The molecule has 1 aliphatic heterocycles. The molecule has 2 aliphatic rings. The van der Waals surface area contributed by atoms with Gasteiger partial charge < -0.3 is 15.8 Å². The Morgan fingerprint density at radius 3 is 2.58 bits per heavy atom. The van der Waals surface area contributed by atoms with Crippen LogP contribution in [0.1, 0.15) is 56.1 Å². The molecule has 1 saturated carbocycles. The Kier molecular flexibility index (Phi) is 6.52. The number of amides is 1. The second-order valence-corrected chi connectivity index (χ2v) is 9.68. The van der Waals surface area contributed by atoms with E-state index >= 15 is 0 Å². The normalized spacial score (nSPS) is 30.0. The zero-order valence-electron chi connectivity index (χ0n) is 18.0. The number of carbonyl (C=O) groups is 1. The molecule has 0 unspecified atom stereocenters. The third-order valence-corrected chi connectivity index (χ3v) is 7.93. The summed E-state index contributed by atoms with van der Waals surface area (Å²) in [5.41, 5.74) is 7.53. The van der Waals surface area contributed by atoms with Crippen molar-refractivity contribution in [2.45, 2.75) is 51.0 Å². The second-order valence-electron chi connectivity index (χ2n) is 8.84. The lowest BCUT2D eigenvalue weighted by molar-refractivity contribution is -0.131. The first-order valence-electron chi connectivity index (χ1n) is 11.1. The SMILES string of the molecule is CC[C@@]12CC[C@@H](c3ccc(OCCN)cc3Cl)[C@H](c3ccc(Cl)cc3)[C@@H]1[C@@H](C)NC2=O. The summed E-state index contributed by atoms with van der Waals surface area (Å²) in [5, 5.41) is 4.67. The molecule has 4 rings (SSSR count). The van der Waals surface area contributed by atoms with E-state index < -0.39 is 0 Å². The van der Waals surface area contributed by atoms with Crippen LogP contribution in [0.2, 0.25) is 10.0 Å². The topological polar surface area (TPSA) is 64.3 Å². The Morgan fingerprint density at radius 2 is 1.94 bits per heavy atom. The van der Waals surface area contributed by atoms with E-state index in [-0.39, 0.29) is 35.1 Å². The molecule has 1 aliphatic carbocycles. The van der Waals surface area contributed by atoms with Gasteiger partial charge in [0.2, 0.25) is 5.91 Å². The predicted molar refractivity (Wildman–Crippen MR) is 126 cm³/mol. The molecule has 0 bridgehead atoms. The lowest BCUT2D eigenvalue weighted by atomic mass is 9.54. The first kappa shape index (κ1) is 22.4. The number of fused-ring (bicyclic) bond motifs is 1. The molecule has 6 heteroatoms. The van der Waals surface area contributed by atoms with E-state index in [1.165, 1.54) is 5.56 Å². The van der Waals surface area contributed by atoms with Gasteiger partial charge in [-0.25, -0.2) is 0 Å². The van der Waals surface area contributed by atoms with E-state index in [2.05, 4.69) is 37.4 Å². The van der Waals surface area contributed by atoms with E-state index in [0.717, 1.165) is 30.6 Å². The summed E-state index contributed by atoms with van der Waals surface area (Å²) in [6, 6.07) is 14.1. The van der Waals surface area contributed by atoms with Crippen LogP contribution in [0.3, 0.4) is 0 Å². The van der Waals surface area contributed by atoms with Crippen molar-refractivity contribution in [3.63, 3.8) is 0 Å². The summed E-state index contributed by atoms with van der Waals surface area (Å²) in [4.78, 5) is 13.1. The Labute approximate surface area is 194 Å². The van der Waals surface area contributed by atoms with Crippen molar-refractivity contribution in [2.24, 2.45) is 17.1 Å². The monoisotopic (exact) mass is 460 g/mol. The van der Waals surface area contributed by atoms with E-state index in [1.807, 2.05) is 24.3 Å². The lowest BCUT2D eigenvalue weighted by Gasteiger charge is -2.47. The fourth-order valence-electron chi connectivity index (χ4n) is 5.97. The molecule has 1 amide bonds. The maximum atomic E-state index is 13.1. The van der Waals surface area contributed by atoms with Crippen molar-refractivity contribution in [1.82, 2.24) is 5.32 Å². The number of carbonyl (C=O) groups excluding carboxylic acids is 1. The number of benzene rings is 2. The van der Waals surface area contributed by atoms with Crippen LogP contribution in [0.15, 0.2) is 42.5 Å². The highest BCUT2D eigenvalue weighted by molar-refractivity contribution is 6.31. The Bertz CT molecular complexity index is 949. The first-order chi connectivity index (χ1) is 14.9. The van der Waals surface area contributed by atoms with Gasteiger partial charge in [0, 0.05) is 28.5 Å². The van der Waals surface area contributed by atoms with Crippen molar-refractivity contribution >= 4 is 29.1 Å². The Hall–Kier alpha value is -1.75. The third kappa shape index (κ3) is 3.94. The minimum Gasteiger partial charge on any atom is -0.492 e. The second kappa shape index (κ2) is 9.01. The van der Waals surface area contributed by atoms with E-state index in [1.54, 1.807) is 0 Å². The van der Waals surface area contributed by atoms with E-state index in [4.69, 9.17) is 33.7 Å². The Balaban J connectivity index is 1.79. The minimum atomic E-state index is -0.336. The molecule has 31 heavy (non-hydrogen) atoms. The minimum absolute atomic E-state index is 0.0989. The molecule has 2 aromatic carbocycles. The quantitative estimate of drug-likeness (QED) is 0.595. The number of hydrogen-bond acceptors (Lipinski definition) is 3. The zero-order valence-corrected chi connectivity index (χ0v) is 19.5. The summed E-state index contributed by atoms with van der Waals surface area (Å²) in [7, 11) is 0. The summed E-state index contributed by atoms with van der Waals surface area (Å²) in [5.74, 6) is 1.48. The fourth-order valence-corrected chi connectivity index (χ4v) is 6.41. The summed E-state index contributed by atoms with van der Waals surface area (Å²) < 4.78 is 5.66. The average Bonchev–Trinajstić information content (AvgIpc) is 3.03. The van der Waals surface area contributed by atoms with Crippen molar-refractivity contribution in [3.8, 4) is 5.75 Å². The predicted octanol–water partition coefficient (Wildman–Crippen LogP) is 5.52. The maximum absolute atomic E-state index is 13.1. The molecule has 166 valence electrons. The van der Waals surface area contributed by atoms with Gasteiger partial charge in [-0.2, -0.15) is 0 Å². The fraction of sp³-hybridized carbons (Fsp3) is 0.480. The van der Waals surface area contributed by atoms with Gasteiger partial charge in [-0.3, -0.25) is 4.79 Å². The zero-order chi connectivity index (χ0) is 22.2. The van der Waals surface area contributed by atoms with Crippen LogP contribution in [0.4, 0.5) is 0 Å². The van der Waals surface area contributed by atoms with Crippen molar-refractivity contribution < 1.29 is 9.53 Å². The molecule has 5 atom stereocenters. The van der Waals surface area contributed by atoms with Crippen molar-refractivity contribution in [1.29, 1.82) is 0 Å². The highest BCUT2D eigenvalue weighted by Gasteiger charge is 2.59. The highest BCUT2D eigenvalue weighted by Crippen LogP contribution is 2.60. The van der Waals surface area contributed by atoms with Crippen molar-refractivity contribution in [2.75, 3.05) is 13.2 Å².